The van der Waals surface area contributed by atoms with E-state index in [0.717, 1.165) is 16.8 Å². The summed E-state index contributed by atoms with van der Waals surface area (Å²) >= 11 is 0. The van der Waals surface area contributed by atoms with E-state index in [1.54, 1.807) is 0 Å². The first-order valence-electron chi connectivity index (χ1n) is 12.0. The Morgan fingerprint density at radius 3 is 2.76 bits per heavy atom. The predicted molar refractivity (Wildman–Crippen MR) is 129 cm³/mol. The van der Waals surface area contributed by atoms with Crippen molar-refractivity contribution in [1.82, 2.24) is 15.0 Å². The summed E-state index contributed by atoms with van der Waals surface area (Å²) in [5, 5.41) is 30.4. The molecule has 1 unspecified atom stereocenters. The number of ether oxygens (including phenoxy) is 1. The molecule has 5 atom stereocenters. The summed E-state index contributed by atoms with van der Waals surface area (Å²) in [6, 6.07) is 5.60. The third kappa shape index (κ3) is 7.95. The fourth-order valence-corrected chi connectivity index (χ4v) is 4.55. The topological polar surface area (TPSA) is 215 Å². The van der Waals surface area contributed by atoms with Gasteiger partial charge in [-0.1, -0.05) is 5.21 Å². The number of hydrogen-bond donors (Lipinski definition) is 4. The lowest BCUT2D eigenvalue weighted by Gasteiger charge is -2.24. The molecule has 0 radical (unpaired) electrons. The van der Waals surface area contributed by atoms with E-state index >= 15 is 0 Å². The van der Waals surface area contributed by atoms with Crippen molar-refractivity contribution in [2.75, 3.05) is 18.5 Å². The molecule has 4 rings (SSSR count). The highest BCUT2D eigenvalue weighted by Crippen LogP contribution is 2.39. The summed E-state index contributed by atoms with van der Waals surface area (Å²) in [5.74, 6) is -3.12. The van der Waals surface area contributed by atoms with Crippen LogP contribution in [0.4, 0.5) is 14.5 Å². The Kier molecular flexibility index (Phi) is 9.49. The summed E-state index contributed by atoms with van der Waals surface area (Å²) in [4.78, 5) is 35.7. The molecule has 2 aromatic heterocycles. The molecule has 15 nitrogen and oxygen atoms in total. The molecule has 41 heavy (non-hydrogen) atoms. The molecule has 1 aliphatic rings. The number of anilines is 1. The number of benzene rings is 1. The number of phosphoric ester groups is 1. The molecule has 1 saturated heterocycles. The van der Waals surface area contributed by atoms with Crippen molar-refractivity contribution in [3.63, 3.8) is 0 Å². The molecule has 0 bridgehead atoms. The second kappa shape index (κ2) is 12.9. The van der Waals surface area contributed by atoms with Crippen molar-refractivity contribution in [3.05, 3.63) is 71.8 Å². The molecule has 2 amide bonds. The van der Waals surface area contributed by atoms with Crippen LogP contribution in [0.2, 0.25) is 0 Å². The van der Waals surface area contributed by atoms with Gasteiger partial charge in [0.1, 0.15) is 36.0 Å². The number of aromatic nitrogens is 4. The van der Waals surface area contributed by atoms with Gasteiger partial charge < -0.3 is 39.9 Å². The number of carbonyl (C=O) groups excluding carboxylic acids is 2. The molecule has 3 heterocycles. The first-order chi connectivity index (χ1) is 19.4. The van der Waals surface area contributed by atoms with Crippen molar-refractivity contribution in [2.24, 2.45) is 5.73 Å². The molecule has 5 N–H and O–H groups in total. The molecular weight excluding hydrogens is 573 g/mol. The van der Waals surface area contributed by atoms with Gasteiger partial charge in [-0.2, -0.15) is 4.57 Å². The van der Waals surface area contributed by atoms with Gasteiger partial charge in [0, 0.05) is 24.8 Å². The Labute approximate surface area is 230 Å². The second-order valence-corrected chi connectivity index (χ2v) is 10.3. The van der Waals surface area contributed by atoms with Gasteiger partial charge in [0.05, 0.1) is 24.6 Å². The molecule has 1 aromatic carbocycles. The zero-order valence-corrected chi connectivity index (χ0v) is 22.0. The third-order valence-electron chi connectivity index (χ3n) is 5.84. The van der Waals surface area contributed by atoms with Crippen molar-refractivity contribution in [3.8, 4) is 0 Å². The minimum atomic E-state index is -4.88. The van der Waals surface area contributed by atoms with Crippen LogP contribution < -0.4 is 20.5 Å². The number of pyridine rings is 1. The van der Waals surface area contributed by atoms with Crippen LogP contribution in [0.5, 0.6) is 0 Å². The van der Waals surface area contributed by atoms with E-state index in [1.807, 2.05) is 0 Å². The van der Waals surface area contributed by atoms with Crippen LogP contribution in [0.1, 0.15) is 22.3 Å². The quantitative estimate of drug-likeness (QED) is 0.146. The zero-order valence-electron chi connectivity index (χ0n) is 21.1. The Hall–Kier alpha value is -3.70. The molecule has 0 saturated carbocycles. The summed E-state index contributed by atoms with van der Waals surface area (Å²) < 4.78 is 56.4. The monoisotopic (exact) mass is 598 g/mol. The highest BCUT2D eigenvalue weighted by Gasteiger charge is 2.48. The van der Waals surface area contributed by atoms with Gasteiger partial charge in [0.2, 0.25) is 5.91 Å². The van der Waals surface area contributed by atoms with Crippen LogP contribution in [0.25, 0.3) is 0 Å². The van der Waals surface area contributed by atoms with Gasteiger partial charge in [-0.25, -0.2) is 13.5 Å². The molecule has 0 spiro atoms. The van der Waals surface area contributed by atoms with Gasteiger partial charge in [-0.3, -0.25) is 14.2 Å². The molecule has 1 aliphatic heterocycles. The number of nitrogens with two attached hydrogens (primary N) is 1. The third-order valence-corrected chi connectivity index (χ3v) is 6.80. The van der Waals surface area contributed by atoms with Crippen molar-refractivity contribution < 1.29 is 56.4 Å². The van der Waals surface area contributed by atoms with E-state index in [1.165, 1.54) is 35.3 Å². The highest BCUT2D eigenvalue weighted by atomic mass is 31.2. The smallest absolute Gasteiger partial charge is 0.292 e. The maximum atomic E-state index is 13.7. The molecule has 0 aliphatic carbocycles. The maximum Gasteiger partial charge on any atom is 0.292 e. The average molecular weight is 598 g/mol. The number of amides is 2. The van der Waals surface area contributed by atoms with Crippen LogP contribution >= 0.6 is 7.82 Å². The number of aliphatic hydroxyl groups excluding tert-OH is 2. The molecule has 3 aromatic rings. The second-order valence-electron chi connectivity index (χ2n) is 8.86. The van der Waals surface area contributed by atoms with Gasteiger partial charge in [0.15, 0.2) is 18.5 Å². The van der Waals surface area contributed by atoms with E-state index in [-0.39, 0.29) is 29.9 Å². The average Bonchev–Trinajstić information content (AvgIpc) is 3.48. The normalized spacial score (nSPS) is 21.9. The number of nitrogens with one attached hydrogen (secondary N) is 1. The maximum absolute atomic E-state index is 13.7. The number of rotatable bonds is 12. The Morgan fingerprint density at radius 1 is 1.24 bits per heavy atom. The first kappa shape index (κ1) is 30.3. The number of phosphoric acid groups is 1. The SMILES string of the molecule is NC(=O)c1ccc[n+]([C@@H]2O[C@H](COP(=O)([O-])OCCc3cn(CC(=O)Nc4ccc(F)cc4F)nn3)[C@@H](O)[C@H]2O)c1. The van der Waals surface area contributed by atoms with Crippen LogP contribution in [-0.4, -0.2) is 68.5 Å². The van der Waals surface area contributed by atoms with E-state index < -0.39 is 69.0 Å². The summed E-state index contributed by atoms with van der Waals surface area (Å²) in [6.45, 7) is -1.43. The number of halogens is 2. The van der Waals surface area contributed by atoms with Crippen LogP contribution in [0, 0.1) is 11.6 Å². The van der Waals surface area contributed by atoms with E-state index in [2.05, 4.69) is 15.6 Å². The van der Waals surface area contributed by atoms with Crippen molar-refractivity contribution in [1.29, 1.82) is 0 Å². The predicted octanol–water partition coefficient (Wildman–Crippen LogP) is -1.06. The van der Waals surface area contributed by atoms with Crippen LogP contribution in [-0.2, 0) is 36.1 Å². The number of aliphatic hydroxyl groups is 2. The Bertz CT molecular complexity index is 1460. The molecule has 18 heteroatoms. The number of nitrogens with zero attached hydrogens (tertiary/aromatic N) is 4. The lowest BCUT2D eigenvalue weighted by atomic mass is 10.1. The van der Waals surface area contributed by atoms with E-state index in [4.69, 9.17) is 19.5 Å². The largest absolute Gasteiger partial charge is 0.756 e. The van der Waals surface area contributed by atoms with Crippen molar-refractivity contribution in [2.45, 2.75) is 37.5 Å². The fraction of sp³-hybridized carbons (Fsp3) is 0.348. The highest BCUT2D eigenvalue weighted by molar-refractivity contribution is 7.45. The number of hydrogen-bond acceptors (Lipinski definition) is 11. The Balaban J connectivity index is 1.22. The summed E-state index contributed by atoms with van der Waals surface area (Å²) in [5.41, 5.74) is 5.42. The van der Waals surface area contributed by atoms with Gasteiger partial charge in [-0.05, 0) is 18.2 Å². The standard InChI is InChI=1S/C23H25F2N6O9P/c24-14-3-4-17(16(25)8-14)27-19(32)11-31-10-15(28-29-31)5-7-38-41(36,37)39-12-18-20(33)21(34)23(40-18)30-6-1-2-13(9-30)22(26)35/h1-4,6,8-10,18,20-21,23,33-34H,5,7,11-12H2,(H3-,26,27,32,35,36,37)/t18-,20-,21-,23-/m1/s1. The zero-order chi connectivity index (χ0) is 29.7. The molecular formula is C23H25F2N6O9P. The van der Waals surface area contributed by atoms with Crippen molar-refractivity contribution >= 4 is 25.3 Å². The number of primary amides is 1. The molecule has 220 valence electrons. The minimum Gasteiger partial charge on any atom is -0.756 e. The summed E-state index contributed by atoms with van der Waals surface area (Å²) in [7, 11) is -4.88. The lowest BCUT2D eigenvalue weighted by molar-refractivity contribution is -0.765. The first-order valence-corrected chi connectivity index (χ1v) is 13.4. The minimum absolute atomic E-state index is 0.0417. The van der Waals surface area contributed by atoms with Crippen LogP contribution in [0.3, 0.4) is 0 Å². The van der Waals surface area contributed by atoms with Crippen LogP contribution in [0.15, 0.2) is 48.9 Å². The van der Waals surface area contributed by atoms with Gasteiger partial charge in [0.25, 0.3) is 20.0 Å². The lowest BCUT2D eigenvalue weighted by Crippen LogP contribution is -2.46. The molecule has 1 fully saturated rings. The Morgan fingerprint density at radius 2 is 2.02 bits per heavy atom. The number of carbonyl (C=O) groups is 2. The van der Waals surface area contributed by atoms with Gasteiger partial charge >= 0.3 is 0 Å². The summed E-state index contributed by atoms with van der Waals surface area (Å²) in [6.07, 6.45) is -1.31. The fourth-order valence-electron chi connectivity index (χ4n) is 3.83. The van der Waals surface area contributed by atoms with E-state index in [0.29, 0.717) is 6.07 Å². The van der Waals surface area contributed by atoms with E-state index in [9.17, 15) is 38.0 Å². The van der Waals surface area contributed by atoms with Gasteiger partial charge in [-0.15, -0.1) is 5.10 Å².